The van der Waals surface area contributed by atoms with Gasteiger partial charge in [0.1, 0.15) is 0 Å². The molecule has 1 aliphatic heterocycles. The van der Waals surface area contributed by atoms with E-state index in [1.165, 1.54) is 10.0 Å². The summed E-state index contributed by atoms with van der Waals surface area (Å²) in [5.41, 5.74) is 0. The zero-order valence-electron chi connectivity index (χ0n) is 11.3. The molecule has 0 radical (unpaired) electrons. The van der Waals surface area contributed by atoms with Gasteiger partial charge in [-0.3, -0.25) is 0 Å². The zero-order valence-corrected chi connectivity index (χ0v) is 11.3. The van der Waals surface area contributed by atoms with Gasteiger partial charge in [0.05, 0.1) is 25.3 Å². The topological polar surface area (TPSA) is 59.1 Å². The van der Waals surface area contributed by atoms with Gasteiger partial charge in [0, 0.05) is 0 Å². The van der Waals surface area contributed by atoms with E-state index in [0.717, 1.165) is 0 Å². The first-order chi connectivity index (χ1) is 8.52. The molecule has 0 spiro atoms. The number of hydrazine groups is 1. The van der Waals surface area contributed by atoms with E-state index in [9.17, 15) is 9.59 Å². The van der Waals surface area contributed by atoms with Crippen LogP contribution in [0.15, 0.2) is 12.2 Å². The highest BCUT2D eigenvalue weighted by Gasteiger charge is 2.36. The second-order valence-corrected chi connectivity index (χ2v) is 3.95. The maximum atomic E-state index is 11.9. The number of nitrogens with zero attached hydrogens (tertiary/aromatic N) is 2. The summed E-state index contributed by atoms with van der Waals surface area (Å²) < 4.78 is 9.92. The lowest BCUT2D eigenvalue weighted by Gasteiger charge is -2.41. The van der Waals surface area contributed by atoms with Gasteiger partial charge in [-0.1, -0.05) is 12.2 Å². The number of hydrogen-bond acceptors (Lipinski definition) is 4. The number of amides is 2. The molecule has 0 aromatic rings. The van der Waals surface area contributed by atoms with E-state index in [2.05, 4.69) is 0 Å². The van der Waals surface area contributed by atoms with Crippen molar-refractivity contribution < 1.29 is 19.1 Å². The minimum Gasteiger partial charge on any atom is -0.448 e. The Labute approximate surface area is 107 Å². The van der Waals surface area contributed by atoms with Gasteiger partial charge in [-0.05, 0) is 27.7 Å². The van der Waals surface area contributed by atoms with Crippen molar-refractivity contribution in [3.8, 4) is 0 Å². The summed E-state index contributed by atoms with van der Waals surface area (Å²) in [6.07, 6.45) is 2.62. The first-order valence-electron chi connectivity index (χ1n) is 6.13. The molecule has 102 valence electrons. The second kappa shape index (κ2) is 6.28. The van der Waals surface area contributed by atoms with Crippen LogP contribution >= 0.6 is 0 Å². The molecular formula is C12H20N2O4. The molecule has 2 amide bonds. The van der Waals surface area contributed by atoms with Crippen LogP contribution in [0.2, 0.25) is 0 Å². The molecule has 0 unspecified atom stereocenters. The fraction of sp³-hybridized carbons (Fsp3) is 0.667. The highest BCUT2D eigenvalue weighted by Crippen LogP contribution is 2.19. The van der Waals surface area contributed by atoms with Crippen LogP contribution in [-0.2, 0) is 9.47 Å². The standard InChI is InChI=1S/C12H20N2O4/c1-5-17-11(15)13-9(3)7-8-10(4)14(13)12(16)18-6-2/h7-10H,5-6H2,1-4H3/t9-,10-/m0/s1. The molecule has 1 aliphatic rings. The van der Waals surface area contributed by atoms with Crippen molar-refractivity contribution in [3.63, 3.8) is 0 Å². The molecule has 6 nitrogen and oxygen atoms in total. The number of rotatable bonds is 2. The maximum Gasteiger partial charge on any atom is 0.429 e. The van der Waals surface area contributed by atoms with Gasteiger partial charge < -0.3 is 9.47 Å². The molecular weight excluding hydrogens is 236 g/mol. The molecule has 18 heavy (non-hydrogen) atoms. The first kappa shape index (κ1) is 14.3. The van der Waals surface area contributed by atoms with Crippen molar-refractivity contribution in [1.82, 2.24) is 10.0 Å². The molecule has 2 atom stereocenters. The Hall–Kier alpha value is -1.72. The molecule has 0 aromatic heterocycles. The Morgan fingerprint density at radius 1 is 0.944 bits per heavy atom. The lowest BCUT2D eigenvalue weighted by Crippen LogP contribution is -2.58. The van der Waals surface area contributed by atoms with E-state index in [1.54, 1.807) is 13.8 Å². The van der Waals surface area contributed by atoms with Crippen molar-refractivity contribution in [1.29, 1.82) is 0 Å². The summed E-state index contributed by atoms with van der Waals surface area (Å²) in [5.74, 6) is 0. The van der Waals surface area contributed by atoms with Crippen LogP contribution in [0, 0.1) is 0 Å². The molecule has 0 saturated carbocycles. The third kappa shape index (κ3) is 2.94. The number of hydrogen-bond donors (Lipinski definition) is 0. The Kier molecular flexibility index (Phi) is 5.00. The number of carbonyl (C=O) groups excluding carboxylic acids is 2. The van der Waals surface area contributed by atoms with Gasteiger partial charge >= 0.3 is 12.2 Å². The summed E-state index contributed by atoms with van der Waals surface area (Å²) in [5, 5.41) is 2.57. The highest BCUT2D eigenvalue weighted by molar-refractivity contribution is 5.75. The van der Waals surface area contributed by atoms with Crippen LogP contribution in [0.3, 0.4) is 0 Å². The third-order valence-electron chi connectivity index (χ3n) is 2.58. The van der Waals surface area contributed by atoms with Crippen LogP contribution in [0.5, 0.6) is 0 Å². The van der Waals surface area contributed by atoms with Gasteiger partial charge in [-0.25, -0.2) is 19.6 Å². The number of carbonyl (C=O) groups is 2. The lowest BCUT2D eigenvalue weighted by atomic mass is 10.2. The summed E-state index contributed by atoms with van der Waals surface area (Å²) in [6.45, 7) is 7.59. The molecule has 0 aromatic carbocycles. The Morgan fingerprint density at radius 2 is 1.28 bits per heavy atom. The third-order valence-corrected chi connectivity index (χ3v) is 2.58. The predicted molar refractivity (Wildman–Crippen MR) is 65.8 cm³/mol. The van der Waals surface area contributed by atoms with Crippen molar-refractivity contribution in [2.24, 2.45) is 0 Å². The molecule has 1 heterocycles. The molecule has 6 heteroatoms. The second-order valence-electron chi connectivity index (χ2n) is 3.95. The SMILES string of the molecule is CCOC(=O)N1[C@@H](C)C=C[C@H](C)N1C(=O)OCC. The van der Waals surface area contributed by atoms with Crippen LogP contribution in [-0.4, -0.2) is 47.5 Å². The molecule has 0 fully saturated rings. The minimum atomic E-state index is -0.547. The van der Waals surface area contributed by atoms with Crippen molar-refractivity contribution in [3.05, 3.63) is 12.2 Å². The van der Waals surface area contributed by atoms with Gasteiger partial charge in [-0.2, -0.15) is 0 Å². The van der Waals surface area contributed by atoms with Crippen molar-refractivity contribution >= 4 is 12.2 Å². The fourth-order valence-corrected chi connectivity index (χ4v) is 1.76. The maximum absolute atomic E-state index is 11.9. The fourth-order valence-electron chi connectivity index (χ4n) is 1.76. The Morgan fingerprint density at radius 3 is 1.56 bits per heavy atom. The highest BCUT2D eigenvalue weighted by atomic mass is 16.6. The van der Waals surface area contributed by atoms with Crippen LogP contribution in [0.25, 0.3) is 0 Å². The van der Waals surface area contributed by atoms with Gasteiger partial charge in [0.15, 0.2) is 0 Å². The molecule has 0 bridgehead atoms. The number of ether oxygens (including phenoxy) is 2. The Bertz CT molecular complexity index is 311. The predicted octanol–water partition coefficient (Wildman–Crippen LogP) is 2.17. The average molecular weight is 256 g/mol. The lowest BCUT2D eigenvalue weighted by molar-refractivity contribution is -0.0476. The summed E-state index contributed by atoms with van der Waals surface area (Å²) in [7, 11) is 0. The minimum absolute atomic E-state index is 0.246. The summed E-state index contributed by atoms with van der Waals surface area (Å²) in [6, 6.07) is -0.491. The van der Waals surface area contributed by atoms with Crippen LogP contribution in [0.1, 0.15) is 27.7 Å². The van der Waals surface area contributed by atoms with E-state index >= 15 is 0 Å². The summed E-state index contributed by atoms with van der Waals surface area (Å²) >= 11 is 0. The first-order valence-corrected chi connectivity index (χ1v) is 6.13. The van der Waals surface area contributed by atoms with Crippen molar-refractivity contribution in [2.45, 2.75) is 39.8 Å². The monoisotopic (exact) mass is 256 g/mol. The average Bonchev–Trinajstić information content (AvgIpc) is 2.32. The largest absolute Gasteiger partial charge is 0.448 e. The Balaban J connectivity index is 2.95. The quantitative estimate of drug-likeness (QED) is 0.710. The van der Waals surface area contributed by atoms with E-state index in [1.807, 2.05) is 26.0 Å². The van der Waals surface area contributed by atoms with E-state index in [0.29, 0.717) is 0 Å². The van der Waals surface area contributed by atoms with E-state index in [-0.39, 0.29) is 25.3 Å². The molecule has 1 rings (SSSR count). The normalized spacial score (nSPS) is 22.9. The molecule has 0 N–H and O–H groups in total. The van der Waals surface area contributed by atoms with E-state index < -0.39 is 12.2 Å². The van der Waals surface area contributed by atoms with Gasteiger partial charge in [0.2, 0.25) is 0 Å². The van der Waals surface area contributed by atoms with Crippen molar-refractivity contribution in [2.75, 3.05) is 13.2 Å². The smallest absolute Gasteiger partial charge is 0.429 e. The summed E-state index contributed by atoms with van der Waals surface area (Å²) in [4.78, 5) is 23.8. The van der Waals surface area contributed by atoms with Crippen LogP contribution in [0.4, 0.5) is 9.59 Å². The molecule has 0 aliphatic carbocycles. The van der Waals surface area contributed by atoms with Gasteiger partial charge in [0.25, 0.3) is 0 Å². The van der Waals surface area contributed by atoms with E-state index in [4.69, 9.17) is 9.47 Å². The zero-order chi connectivity index (χ0) is 13.7. The van der Waals surface area contributed by atoms with Gasteiger partial charge in [-0.15, -0.1) is 0 Å². The molecule has 0 saturated heterocycles. The van der Waals surface area contributed by atoms with Crippen LogP contribution < -0.4 is 0 Å².